The van der Waals surface area contributed by atoms with Crippen LogP contribution >= 0.6 is 34.5 Å². The lowest BCUT2D eigenvalue weighted by molar-refractivity contribution is -0.111. The first-order valence-electron chi connectivity index (χ1n) is 9.14. The second kappa shape index (κ2) is 9.26. The second-order valence-electron chi connectivity index (χ2n) is 6.44. The number of anilines is 1. The Hall–Kier alpha value is -2.92. The van der Waals surface area contributed by atoms with Crippen molar-refractivity contribution in [2.45, 2.75) is 0 Å². The highest BCUT2D eigenvalue weighted by Gasteiger charge is 2.10. The van der Waals surface area contributed by atoms with Gasteiger partial charge in [-0.1, -0.05) is 71.7 Å². The first-order chi connectivity index (χ1) is 14.6. The maximum absolute atomic E-state index is 12.3. The first-order valence-corrected chi connectivity index (χ1v) is 10.8. The van der Waals surface area contributed by atoms with Crippen LogP contribution in [0.25, 0.3) is 27.9 Å². The Bertz CT molecular complexity index is 1230. The first kappa shape index (κ1) is 20.4. The van der Waals surface area contributed by atoms with Gasteiger partial charge in [0, 0.05) is 33.3 Å². The van der Waals surface area contributed by atoms with Crippen molar-refractivity contribution in [2.24, 2.45) is 0 Å². The molecule has 0 unspecified atom stereocenters. The van der Waals surface area contributed by atoms with E-state index in [1.807, 2.05) is 72.1 Å². The van der Waals surface area contributed by atoms with Crippen LogP contribution in [0, 0.1) is 0 Å². The molecule has 1 amide bonds. The fraction of sp³-hybridized carbons (Fsp3) is 0. The quantitative estimate of drug-likeness (QED) is 0.321. The van der Waals surface area contributed by atoms with E-state index in [0.717, 1.165) is 27.4 Å². The number of nitrogens with one attached hydrogen (secondary N) is 1. The van der Waals surface area contributed by atoms with E-state index in [9.17, 15) is 4.79 Å². The molecule has 1 N–H and O–H groups in total. The number of amides is 1. The van der Waals surface area contributed by atoms with Crippen LogP contribution in [0.1, 0.15) is 5.56 Å². The molecule has 0 bridgehead atoms. The molecular formula is C24H16Cl2N2OS. The molecule has 1 aromatic heterocycles. The summed E-state index contributed by atoms with van der Waals surface area (Å²) < 4.78 is 0. The summed E-state index contributed by atoms with van der Waals surface area (Å²) in [6.07, 6.45) is 3.16. The summed E-state index contributed by atoms with van der Waals surface area (Å²) in [5, 5.41) is 6.98. The molecule has 3 aromatic carbocycles. The highest BCUT2D eigenvalue weighted by atomic mass is 35.5. The van der Waals surface area contributed by atoms with Gasteiger partial charge < -0.3 is 5.32 Å². The van der Waals surface area contributed by atoms with Crippen molar-refractivity contribution >= 4 is 52.2 Å². The minimum Gasteiger partial charge on any atom is -0.322 e. The van der Waals surface area contributed by atoms with Crippen molar-refractivity contribution in [3.63, 3.8) is 0 Å². The van der Waals surface area contributed by atoms with E-state index in [-0.39, 0.29) is 5.91 Å². The van der Waals surface area contributed by atoms with Crippen molar-refractivity contribution in [3.05, 3.63) is 99.9 Å². The van der Waals surface area contributed by atoms with Crippen LogP contribution in [0.5, 0.6) is 0 Å². The van der Waals surface area contributed by atoms with Crippen molar-refractivity contribution in [3.8, 4) is 21.8 Å². The number of benzene rings is 3. The van der Waals surface area contributed by atoms with Crippen LogP contribution in [0.2, 0.25) is 10.0 Å². The van der Waals surface area contributed by atoms with Crippen LogP contribution in [0.3, 0.4) is 0 Å². The predicted octanol–water partition coefficient (Wildman–Crippen LogP) is 7.44. The fourth-order valence-electron chi connectivity index (χ4n) is 2.88. The monoisotopic (exact) mass is 450 g/mol. The number of halogens is 2. The number of nitrogens with zero attached hydrogens (tertiary/aromatic N) is 1. The normalized spacial score (nSPS) is 11.0. The molecule has 6 heteroatoms. The fourth-order valence-corrected chi connectivity index (χ4v) is 4.23. The van der Waals surface area contributed by atoms with Gasteiger partial charge >= 0.3 is 0 Å². The van der Waals surface area contributed by atoms with E-state index in [1.165, 1.54) is 17.4 Å². The third kappa shape index (κ3) is 4.79. The van der Waals surface area contributed by atoms with Gasteiger partial charge in [-0.05, 0) is 35.9 Å². The van der Waals surface area contributed by atoms with Crippen LogP contribution in [-0.4, -0.2) is 10.9 Å². The average molecular weight is 451 g/mol. The van der Waals surface area contributed by atoms with Gasteiger partial charge in [0.2, 0.25) is 5.91 Å². The third-order valence-corrected chi connectivity index (χ3v) is 5.90. The number of carbonyl (C=O) groups excluding carboxylic acids is 1. The molecule has 0 aliphatic rings. The Labute approximate surface area is 188 Å². The summed E-state index contributed by atoms with van der Waals surface area (Å²) in [5.41, 5.74) is 4.13. The minimum absolute atomic E-state index is 0.234. The summed E-state index contributed by atoms with van der Waals surface area (Å²) in [6.45, 7) is 0. The van der Waals surface area contributed by atoms with E-state index < -0.39 is 0 Å². The number of hydrogen-bond acceptors (Lipinski definition) is 3. The molecule has 4 aromatic rings. The van der Waals surface area contributed by atoms with Crippen molar-refractivity contribution in [1.82, 2.24) is 4.98 Å². The molecule has 4 rings (SSSR count). The van der Waals surface area contributed by atoms with Gasteiger partial charge in [-0.2, -0.15) is 0 Å². The van der Waals surface area contributed by atoms with Crippen LogP contribution in [-0.2, 0) is 4.79 Å². The van der Waals surface area contributed by atoms with Crippen LogP contribution < -0.4 is 5.32 Å². The summed E-state index contributed by atoms with van der Waals surface area (Å²) in [7, 11) is 0. The molecule has 0 fully saturated rings. The summed E-state index contributed by atoms with van der Waals surface area (Å²) >= 11 is 13.9. The third-order valence-electron chi connectivity index (χ3n) is 4.35. The van der Waals surface area contributed by atoms with E-state index in [2.05, 4.69) is 5.32 Å². The van der Waals surface area contributed by atoms with Crippen molar-refractivity contribution in [2.75, 3.05) is 5.32 Å². The van der Waals surface area contributed by atoms with Gasteiger partial charge in [0.05, 0.1) is 10.7 Å². The van der Waals surface area contributed by atoms with Gasteiger partial charge in [0.15, 0.2) is 0 Å². The number of thiazole rings is 1. The molecule has 0 aliphatic carbocycles. The molecule has 148 valence electrons. The number of carbonyl (C=O) groups is 1. The van der Waals surface area contributed by atoms with Crippen LogP contribution in [0.15, 0.2) is 84.3 Å². The van der Waals surface area contributed by atoms with Gasteiger partial charge in [-0.25, -0.2) is 4.98 Å². The summed E-state index contributed by atoms with van der Waals surface area (Å²) in [4.78, 5) is 17.0. The van der Waals surface area contributed by atoms with Gasteiger partial charge in [0.1, 0.15) is 5.01 Å². The zero-order valence-corrected chi connectivity index (χ0v) is 18.0. The van der Waals surface area contributed by atoms with Gasteiger partial charge in [0.25, 0.3) is 0 Å². The zero-order chi connectivity index (χ0) is 20.9. The molecule has 0 atom stereocenters. The van der Waals surface area contributed by atoms with E-state index in [1.54, 1.807) is 12.1 Å². The standard InChI is InChI=1S/C24H16Cl2N2OS/c25-20-10-3-1-6-16(20)12-13-23(29)27-18-8-5-7-17(14-18)22-15-30-24(28-22)19-9-2-4-11-21(19)26/h1-15H,(H,27,29)/b13-12+. The molecule has 0 saturated heterocycles. The lowest BCUT2D eigenvalue weighted by Crippen LogP contribution is -2.07. The number of hydrogen-bond donors (Lipinski definition) is 1. The summed E-state index contributed by atoms with van der Waals surface area (Å²) in [5.74, 6) is -0.234. The topological polar surface area (TPSA) is 42.0 Å². The Morgan fingerprint density at radius 3 is 2.50 bits per heavy atom. The van der Waals surface area contributed by atoms with Gasteiger partial charge in [-0.15, -0.1) is 11.3 Å². The van der Waals surface area contributed by atoms with Crippen LogP contribution in [0.4, 0.5) is 5.69 Å². The second-order valence-corrected chi connectivity index (χ2v) is 8.12. The minimum atomic E-state index is -0.234. The van der Waals surface area contributed by atoms with Gasteiger partial charge in [-0.3, -0.25) is 4.79 Å². The largest absolute Gasteiger partial charge is 0.322 e. The molecule has 0 saturated carbocycles. The molecule has 30 heavy (non-hydrogen) atoms. The highest BCUT2D eigenvalue weighted by molar-refractivity contribution is 7.13. The molecular weight excluding hydrogens is 435 g/mol. The Balaban J connectivity index is 1.50. The average Bonchev–Trinajstić information content (AvgIpc) is 3.24. The maximum atomic E-state index is 12.3. The lowest BCUT2D eigenvalue weighted by atomic mass is 10.1. The predicted molar refractivity (Wildman–Crippen MR) is 127 cm³/mol. The Morgan fingerprint density at radius 1 is 0.933 bits per heavy atom. The molecule has 0 radical (unpaired) electrons. The van der Waals surface area contributed by atoms with Crippen molar-refractivity contribution in [1.29, 1.82) is 0 Å². The molecule has 3 nitrogen and oxygen atoms in total. The highest BCUT2D eigenvalue weighted by Crippen LogP contribution is 2.33. The SMILES string of the molecule is O=C(/C=C/c1ccccc1Cl)Nc1cccc(-c2csc(-c3ccccc3Cl)n2)c1. The summed E-state index contributed by atoms with van der Waals surface area (Å²) in [6, 6.07) is 22.6. The Morgan fingerprint density at radius 2 is 1.70 bits per heavy atom. The smallest absolute Gasteiger partial charge is 0.248 e. The Kier molecular flexibility index (Phi) is 6.29. The maximum Gasteiger partial charge on any atom is 0.248 e. The van der Waals surface area contributed by atoms with E-state index in [0.29, 0.717) is 15.7 Å². The lowest BCUT2D eigenvalue weighted by Gasteiger charge is -2.05. The molecule has 0 aliphatic heterocycles. The molecule has 1 heterocycles. The number of rotatable bonds is 5. The molecule has 0 spiro atoms. The van der Waals surface area contributed by atoms with E-state index in [4.69, 9.17) is 28.2 Å². The number of aromatic nitrogens is 1. The zero-order valence-electron chi connectivity index (χ0n) is 15.7. The van der Waals surface area contributed by atoms with E-state index >= 15 is 0 Å². The van der Waals surface area contributed by atoms with Crippen molar-refractivity contribution < 1.29 is 4.79 Å².